The fourth-order valence-electron chi connectivity index (χ4n) is 2.43. The summed E-state index contributed by atoms with van der Waals surface area (Å²) in [5.41, 5.74) is 2.94. The molecule has 1 aliphatic heterocycles. The number of hydrogen-bond donors (Lipinski definition) is 1. The highest BCUT2D eigenvalue weighted by molar-refractivity contribution is 14.0. The van der Waals surface area contributed by atoms with Gasteiger partial charge >= 0.3 is 0 Å². The van der Waals surface area contributed by atoms with Crippen molar-refractivity contribution in [2.24, 2.45) is 9.98 Å². The fraction of sp³-hybridized carbons (Fsp3) is 0.294. The van der Waals surface area contributed by atoms with E-state index in [9.17, 15) is 0 Å². The Morgan fingerprint density at radius 1 is 1.05 bits per heavy atom. The minimum atomic E-state index is 0. The number of nitrogens with one attached hydrogen (secondary N) is 1. The number of aliphatic imine (C=N–C) groups is 1. The number of aromatic amines is 1. The maximum atomic E-state index is 4.76. The van der Waals surface area contributed by atoms with E-state index in [2.05, 4.69) is 22.9 Å². The molecule has 1 aromatic carbocycles. The van der Waals surface area contributed by atoms with Gasteiger partial charge < -0.3 is 9.88 Å². The fourth-order valence-corrected chi connectivity index (χ4v) is 2.43. The molecule has 1 N–H and O–H groups in total. The van der Waals surface area contributed by atoms with Crippen LogP contribution in [0.2, 0.25) is 0 Å². The lowest BCUT2D eigenvalue weighted by molar-refractivity contribution is 0.512. The third-order valence-corrected chi connectivity index (χ3v) is 3.62. The molecular weight excluding hydrogens is 387 g/mol. The standard InChI is InChI=1S/C17H20N4.HI/c1-14-8-7-11-18-16(14)20-17(21-12-5-6-13-21)19-15-9-3-2-4-10-15;/h2-4,7-11H,5-6,12-13H2,1H3,(H,18,19,20);1H. The Labute approximate surface area is 148 Å². The molecular formula is C17H21IN4. The van der Waals surface area contributed by atoms with E-state index in [-0.39, 0.29) is 24.0 Å². The molecule has 2 aromatic rings. The summed E-state index contributed by atoms with van der Waals surface area (Å²) in [7, 11) is 0. The molecule has 1 aliphatic rings. The number of halogens is 1. The molecule has 5 heteroatoms. The van der Waals surface area contributed by atoms with Crippen LogP contribution in [0.5, 0.6) is 0 Å². The summed E-state index contributed by atoms with van der Waals surface area (Å²) < 4.78 is 0. The van der Waals surface area contributed by atoms with Crippen molar-refractivity contribution in [3.8, 4) is 0 Å². The highest BCUT2D eigenvalue weighted by atomic mass is 127. The van der Waals surface area contributed by atoms with Crippen LogP contribution in [0.3, 0.4) is 0 Å². The molecule has 2 heterocycles. The van der Waals surface area contributed by atoms with Crippen molar-refractivity contribution >= 4 is 35.6 Å². The Bertz CT molecular complexity index is 685. The molecule has 4 nitrogen and oxygen atoms in total. The van der Waals surface area contributed by atoms with Gasteiger partial charge in [-0.2, -0.15) is 4.99 Å². The van der Waals surface area contributed by atoms with Gasteiger partial charge in [-0.3, -0.25) is 0 Å². The number of para-hydroxylation sites is 1. The van der Waals surface area contributed by atoms with E-state index in [1.165, 1.54) is 12.8 Å². The number of aromatic nitrogens is 1. The third kappa shape index (κ3) is 4.19. The minimum absolute atomic E-state index is 0. The second kappa shape index (κ2) is 8.12. The zero-order chi connectivity index (χ0) is 14.5. The summed E-state index contributed by atoms with van der Waals surface area (Å²) in [5.74, 6) is 0.796. The molecule has 0 unspecified atom stereocenters. The van der Waals surface area contributed by atoms with Gasteiger partial charge in [0.1, 0.15) is 5.49 Å². The molecule has 0 amide bonds. The number of H-pyrrole nitrogens is 1. The number of nitrogens with zero attached hydrogens (tertiary/aromatic N) is 3. The second-order valence-electron chi connectivity index (χ2n) is 5.26. The number of guanidine groups is 1. The van der Waals surface area contributed by atoms with Crippen LogP contribution >= 0.6 is 24.0 Å². The molecule has 1 aromatic heterocycles. The van der Waals surface area contributed by atoms with Gasteiger partial charge in [-0.15, -0.1) is 24.0 Å². The first-order valence-corrected chi connectivity index (χ1v) is 7.41. The SMILES string of the molecule is Cc1ccc[nH]c1=NC(=Nc1ccccc1)N1CCCC1.I. The Morgan fingerprint density at radius 2 is 1.77 bits per heavy atom. The Kier molecular flexibility index (Phi) is 6.18. The van der Waals surface area contributed by atoms with Gasteiger partial charge in [0.15, 0.2) is 0 Å². The molecule has 1 fully saturated rings. The minimum Gasteiger partial charge on any atom is -0.346 e. The summed E-state index contributed by atoms with van der Waals surface area (Å²) >= 11 is 0. The maximum Gasteiger partial charge on any atom is 0.227 e. The van der Waals surface area contributed by atoms with Gasteiger partial charge in [0.25, 0.3) is 0 Å². The molecule has 1 saturated heterocycles. The van der Waals surface area contributed by atoms with Gasteiger partial charge in [0, 0.05) is 19.3 Å². The highest BCUT2D eigenvalue weighted by Crippen LogP contribution is 2.15. The van der Waals surface area contributed by atoms with E-state index >= 15 is 0 Å². The Hall–Kier alpha value is -1.63. The van der Waals surface area contributed by atoms with Crippen molar-refractivity contribution in [1.82, 2.24) is 9.88 Å². The number of aryl methyl sites for hydroxylation is 1. The van der Waals surface area contributed by atoms with Crippen molar-refractivity contribution in [2.45, 2.75) is 19.8 Å². The zero-order valence-corrected chi connectivity index (χ0v) is 15.0. The monoisotopic (exact) mass is 408 g/mol. The van der Waals surface area contributed by atoms with Gasteiger partial charge in [0.2, 0.25) is 5.96 Å². The van der Waals surface area contributed by atoms with E-state index in [0.29, 0.717) is 0 Å². The Morgan fingerprint density at radius 3 is 2.45 bits per heavy atom. The lowest BCUT2D eigenvalue weighted by Gasteiger charge is -2.16. The van der Waals surface area contributed by atoms with Crippen LogP contribution in [-0.2, 0) is 0 Å². The summed E-state index contributed by atoms with van der Waals surface area (Å²) in [6, 6.07) is 14.1. The average molecular weight is 408 g/mol. The van der Waals surface area contributed by atoms with Crippen LogP contribution in [0.1, 0.15) is 18.4 Å². The van der Waals surface area contributed by atoms with Crippen molar-refractivity contribution in [3.63, 3.8) is 0 Å². The molecule has 0 bridgehead atoms. The van der Waals surface area contributed by atoms with Gasteiger partial charge in [0.05, 0.1) is 5.69 Å². The van der Waals surface area contributed by atoms with Crippen LogP contribution in [-0.4, -0.2) is 28.9 Å². The van der Waals surface area contributed by atoms with E-state index < -0.39 is 0 Å². The summed E-state index contributed by atoms with van der Waals surface area (Å²) in [4.78, 5) is 14.9. The summed E-state index contributed by atoms with van der Waals surface area (Å²) in [6.45, 7) is 4.11. The molecule has 0 atom stereocenters. The summed E-state index contributed by atoms with van der Waals surface area (Å²) in [6.07, 6.45) is 4.32. The number of benzene rings is 1. The van der Waals surface area contributed by atoms with Crippen LogP contribution in [0.15, 0.2) is 58.6 Å². The number of rotatable bonds is 1. The van der Waals surface area contributed by atoms with Gasteiger partial charge in [-0.05, 0) is 43.5 Å². The number of pyridine rings is 1. The first kappa shape index (κ1) is 16.7. The van der Waals surface area contributed by atoms with Gasteiger partial charge in [-0.1, -0.05) is 24.3 Å². The number of likely N-dealkylation sites (tertiary alicyclic amines) is 1. The zero-order valence-electron chi connectivity index (χ0n) is 12.7. The molecule has 3 rings (SSSR count). The van der Waals surface area contributed by atoms with Crippen LogP contribution in [0.25, 0.3) is 0 Å². The van der Waals surface area contributed by atoms with Crippen molar-refractivity contribution in [2.75, 3.05) is 13.1 Å². The quantitative estimate of drug-likeness (QED) is 0.437. The third-order valence-electron chi connectivity index (χ3n) is 3.62. The lowest BCUT2D eigenvalue weighted by atomic mass is 10.3. The van der Waals surface area contributed by atoms with E-state index in [1.54, 1.807) is 0 Å². The largest absolute Gasteiger partial charge is 0.346 e. The average Bonchev–Trinajstić information content (AvgIpc) is 3.04. The van der Waals surface area contributed by atoms with Crippen LogP contribution in [0, 0.1) is 6.92 Å². The lowest BCUT2D eigenvalue weighted by Crippen LogP contribution is -2.29. The van der Waals surface area contributed by atoms with E-state index in [1.807, 2.05) is 42.6 Å². The molecule has 0 saturated carbocycles. The first-order chi connectivity index (χ1) is 10.3. The molecule has 0 spiro atoms. The second-order valence-corrected chi connectivity index (χ2v) is 5.26. The van der Waals surface area contributed by atoms with Crippen molar-refractivity contribution in [1.29, 1.82) is 0 Å². The molecule has 116 valence electrons. The van der Waals surface area contributed by atoms with Crippen molar-refractivity contribution in [3.05, 3.63) is 59.7 Å². The molecule has 0 aliphatic carbocycles. The molecule has 0 radical (unpaired) electrons. The van der Waals surface area contributed by atoms with Gasteiger partial charge in [-0.25, -0.2) is 4.99 Å². The number of hydrogen-bond acceptors (Lipinski definition) is 1. The van der Waals surface area contributed by atoms with Crippen LogP contribution in [0.4, 0.5) is 5.69 Å². The van der Waals surface area contributed by atoms with E-state index in [4.69, 9.17) is 9.98 Å². The maximum absolute atomic E-state index is 4.76. The summed E-state index contributed by atoms with van der Waals surface area (Å²) in [5, 5.41) is 0. The predicted octanol–water partition coefficient (Wildman–Crippen LogP) is 3.63. The normalized spacial score (nSPS) is 15.8. The molecule has 22 heavy (non-hydrogen) atoms. The van der Waals surface area contributed by atoms with Crippen molar-refractivity contribution < 1.29 is 0 Å². The smallest absolute Gasteiger partial charge is 0.227 e. The first-order valence-electron chi connectivity index (χ1n) is 7.41. The highest BCUT2D eigenvalue weighted by Gasteiger charge is 2.15. The van der Waals surface area contributed by atoms with Crippen LogP contribution < -0.4 is 5.49 Å². The predicted molar refractivity (Wildman–Crippen MR) is 101 cm³/mol. The Balaban J connectivity index is 0.00000176. The van der Waals surface area contributed by atoms with E-state index in [0.717, 1.165) is 35.8 Å². The topological polar surface area (TPSA) is 43.8 Å².